The highest BCUT2D eigenvalue weighted by Gasteiger charge is 2.19. The molecule has 0 bridgehead atoms. The molecule has 4 rings (SSSR count). The molecular weight excluding hydrogens is 392 g/mol. The summed E-state index contributed by atoms with van der Waals surface area (Å²) in [6.07, 6.45) is 5.61. The Morgan fingerprint density at radius 3 is 2.62 bits per heavy atom. The molecule has 2 aromatic heterocycles. The first-order valence-electron chi connectivity index (χ1n) is 9.72. The van der Waals surface area contributed by atoms with E-state index in [0.29, 0.717) is 24.5 Å². The van der Waals surface area contributed by atoms with E-state index in [-0.39, 0.29) is 11.4 Å². The van der Waals surface area contributed by atoms with Crippen molar-refractivity contribution in [2.24, 2.45) is 0 Å². The van der Waals surface area contributed by atoms with E-state index >= 15 is 0 Å². The topological polar surface area (TPSA) is 102 Å². The molecule has 0 spiro atoms. The van der Waals surface area contributed by atoms with Crippen molar-refractivity contribution in [3.63, 3.8) is 0 Å². The lowest BCUT2D eigenvalue weighted by Gasteiger charge is -2.16. The Balaban J connectivity index is 1.44. The molecule has 29 heavy (non-hydrogen) atoms. The van der Waals surface area contributed by atoms with Crippen LogP contribution in [0.2, 0.25) is 0 Å². The Morgan fingerprint density at radius 1 is 1.14 bits per heavy atom. The average Bonchev–Trinajstić information content (AvgIpc) is 3.39. The van der Waals surface area contributed by atoms with E-state index in [0.717, 1.165) is 37.1 Å². The Labute approximate surface area is 169 Å². The lowest BCUT2D eigenvalue weighted by Crippen LogP contribution is -2.27. The van der Waals surface area contributed by atoms with Crippen molar-refractivity contribution in [2.45, 2.75) is 31.2 Å². The normalized spacial score (nSPS) is 14.6. The maximum atomic E-state index is 12.5. The van der Waals surface area contributed by atoms with Crippen molar-refractivity contribution in [1.82, 2.24) is 24.5 Å². The highest BCUT2D eigenvalue weighted by molar-refractivity contribution is 7.89. The molecule has 1 fully saturated rings. The molecule has 0 aliphatic carbocycles. The number of hydrogen-bond acceptors (Lipinski definition) is 7. The minimum Gasteiger partial charge on any atom is -0.494 e. The van der Waals surface area contributed by atoms with E-state index in [1.165, 1.54) is 18.5 Å². The Morgan fingerprint density at radius 2 is 1.90 bits per heavy atom. The van der Waals surface area contributed by atoms with Crippen LogP contribution in [0.4, 0.5) is 5.82 Å². The number of ether oxygens (including phenoxy) is 1. The Kier molecular flexibility index (Phi) is 5.63. The molecule has 0 unspecified atom stereocenters. The first kappa shape index (κ1) is 19.6. The fourth-order valence-corrected chi connectivity index (χ4v) is 4.50. The Bertz CT molecular complexity index is 1080. The number of sulfonamides is 1. The van der Waals surface area contributed by atoms with Crippen molar-refractivity contribution in [2.75, 3.05) is 31.1 Å². The van der Waals surface area contributed by atoms with Gasteiger partial charge in [0.2, 0.25) is 10.0 Å². The summed E-state index contributed by atoms with van der Waals surface area (Å²) >= 11 is 0. The zero-order chi connectivity index (χ0) is 20.3. The lowest BCUT2D eigenvalue weighted by molar-refractivity contribution is 0.340. The maximum absolute atomic E-state index is 12.5. The van der Waals surface area contributed by atoms with Gasteiger partial charge in [-0.2, -0.15) is 5.10 Å². The SMILES string of the molecule is CCOc1ccc(S(=O)(=O)NCCn2ncc3c(N4CCCC4)ncnc32)cc1. The van der Waals surface area contributed by atoms with Crippen LogP contribution in [0.25, 0.3) is 11.0 Å². The van der Waals surface area contributed by atoms with Crippen LogP contribution in [0.5, 0.6) is 5.75 Å². The van der Waals surface area contributed by atoms with Gasteiger partial charge in [-0.15, -0.1) is 0 Å². The van der Waals surface area contributed by atoms with Gasteiger partial charge in [-0.1, -0.05) is 0 Å². The summed E-state index contributed by atoms with van der Waals surface area (Å²) in [4.78, 5) is 11.2. The summed E-state index contributed by atoms with van der Waals surface area (Å²) in [6.45, 7) is 4.96. The average molecular weight is 417 g/mol. The van der Waals surface area contributed by atoms with Gasteiger partial charge in [-0.05, 0) is 44.0 Å². The molecule has 1 aliphatic rings. The van der Waals surface area contributed by atoms with Crippen LogP contribution in [-0.4, -0.2) is 54.4 Å². The van der Waals surface area contributed by atoms with Crippen LogP contribution < -0.4 is 14.4 Å². The van der Waals surface area contributed by atoms with Gasteiger partial charge in [0.25, 0.3) is 0 Å². The number of rotatable bonds is 8. The second kappa shape index (κ2) is 8.34. The summed E-state index contributed by atoms with van der Waals surface area (Å²) < 4.78 is 34.7. The monoisotopic (exact) mass is 416 g/mol. The van der Waals surface area contributed by atoms with Crippen LogP contribution in [-0.2, 0) is 16.6 Å². The van der Waals surface area contributed by atoms with Gasteiger partial charge in [0.15, 0.2) is 5.65 Å². The number of fused-ring (bicyclic) bond motifs is 1. The third kappa shape index (κ3) is 4.18. The lowest BCUT2D eigenvalue weighted by atomic mass is 10.3. The molecule has 10 heteroatoms. The van der Waals surface area contributed by atoms with Crippen molar-refractivity contribution in [1.29, 1.82) is 0 Å². The number of anilines is 1. The Hall–Kier alpha value is -2.72. The molecule has 1 aromatic carbocycles. The van der Waals surface area contributed by atoms with Gasteiger partial charge < -0.3 is 9.64 Å². The highest BCUT2D eigenvalue weighted by atomic mass is 32.2. The van der Waals surface area contributed by atoms with E-state index in [9.17, 15) is 8.42 Å². The van der Waals surface area contributed by atoms with Gasteiger partial charge >= 0.3 is 0 Å². The van der Waals surface area contributed by atoms with Crippen molar-refractivity contribution < 1.29 is 13.2 Å². The minimum absolute atomic E-state index is 0.199. The fourth-order valence-electron chi connectivity index (χ4n) is 3.48. The summed E-state index contributed by atoms with van der Waals surface area (Å²) in [7, 11) is -3.61. The molecule has 0 atom stereocenters. The number of benzene rings is 1. The predicted octanol–water partition coefficient (Wildman–Crippen LogP) is 1.80. The zero-order valence-electron chi connectivity index (χ0n) is 16.3. The summed E-state index contributed by atoms with van der Waals surface area (Å²) in [5.74, 6) is 1.54. The second-order valence-corrected chi connectivity index (χ2v) is 8.57. The molecule has 154 valence electrons. The molecule has 3 heterocycles. The molecule has 0 radical (unpaired) electrons. The van der Waals surface area contributed by atoms with E-state index in [1.54, 1.807) is 23.0 Å². The van der Waals surface area contributed by atoms with E-state index < -0.39 is 10.0 Å². The summed E-state index contributed by atoms with van der Waals surface area (Å²) in [5, 5.41) is 5.28. The number of nitrogens with one attached hydrogen (secondary N) is 1. The summed E-state index contributed by atoms with van der Waals surface area (Å²) in [6, 6.07) is 6.37. The van der Waals surface area contributed by atoms with Crippen molar-refractivity contribution in [3.05, 3.63) is 36.8 Å². The van der Waals surface area contributed by atoms with Gasteiger partial charge in [0.05, 0.1) is 29.6 Å². The third-order valence-electron chi connectivity index (χ3n) is 4.88. The van der Waals surface area contributed by atoms with Gasteiger partial charge in [-0.3, -0.25) is 0 Å². The van der Waals surface area contributed by atoms with Crippen LogP contribution in [0.3, 0.4) is 0 Å². The number of hydrogen-bond donors (Lipinski definition) is 1. The molecule has 1 saturated heterocycles. The van der Waals surface area contributed by atoms with Gasteiger partial charge in [0.1, 0.15) is 17.9 Å². The van der Waals surface area contributed by atoms with Crippen LogP contribution in [0.15, 0.2) is 41.7 Å². The first-order valence-corrected chi connectivity index (χ1v) is 11.2. The van der Waals surface area contributed by atoms with Crippen LogP contribution >= 0.6 is 0 Å². The van der Waals surface area contributed by atoms with E-state index in [4.69, 9.17) is 4.74 Å². The van der Waals surface area contributed by atoms with E-state index in [1.807, 2.05) is 6.92 Å². The molecule has 1 aliphatic heterocycles. The van der Waals surface area contributed by atoms with Gasteiger partial charge in [0, 0.05) is 19.6 Å². The minimum atomic E-state index is -3.61. The van der Waals surface area contributed by atoms with E-state index in [2.05, 4.69) is 24.7 Å². The number of aromatic nitrogens is 4. The zero-order valence-corrected chi connectivity index (χ0v) is 17.1. The molecule has 0 amide bonds. The van der Waals surface area contributed by atoms with Crippen molar-refractivity contribution in [3.8, 4) is 5.75 Å². The quantitative estimate of drug-likeness (QED) is 0.597. The standard InChI is InChI=1S/C19H24N6O3S/c1-2-28-15-5-7-16(8-6-15)29(26,27)23-9-12-25-19-17(13-22-25)18(20-14-21-19)24-10-3-4-11-24/h5-8,13-14,23H,2-4,9-12H2,1H3. The molecule has 3 aromatic rings. The van der Waals surface area contributed by atoms with Crippen LogP contribution in [0, 0.1) is 0 Å². The molecule has 9 nitrogen and oxygen atoms in total. The first-order chi connectivity index (χ1) is 14.1. The molecule has 0 saturated carbocycles. The smallest absolute Gasteiger partial charge is 0.240 e. The summed E-state index contributed by atoms with van der Waals surface area (Å²) in [5.41, 5.74) is 0.710. The predicted molar refractivity (Wildman–Crippen MR) is 110 cm³/mol. The second-order valence-electron chi connectivity index (χ2n) is 6.80. The maximum Gasteiger partial charge on any atom is 0.240 e. The van der Waals surface area contributed by atoms with Crippen molar-refractivity contribution >= 4 is 26.9 Å². The van der Waals surface area contributed by atoms with Gasteiger partial charge in [-0.25, -0.2) is 27.8 Å². The fraction of sp³-hybridized carbons (Fsp3) is 0.421. The van der Waals surface area contributed by atoms with Crippen LogP contribution in [0.1, 0.15) is 19.8 Å². The highest BCUT2D eigenvalue weighted by Crippen LogP contribution is 2.25. The number of nitrogens with zero attached hydrogens (tertiary/aromatic N) is 5. The largest absolute Gasteiger partial charge is 0.494 e. The third-order valence-corrected chi connectivity index (χ3v) is 6.36. The molecular formula is C19H24N6O3S. The molecule has 1 N–H and O–H groups in total.